The Bertz CT molecular complexity index is 1730. The molecule has 11 atom stereocenters. The number of carbonyl (C=O) groups excluding carboxylic acids is 1. The Hall–Kier alpha value is -1.96. The lowest BCUT2D eigenvalue weighted by Gasteiger charge is -2.72. The van der Waals surface area contributed by atoms with Crippen molar-refractivity contribution in [2.75, 3.05) is 32.5 Å². The van der Waals surface area contributed by atoms with E-state index in [1.807, 2.05) is 12.1 Å². The number of likely N-dealkylation sites (tertiary alicyclic amines) is 1. The quantitative estimate of drug-likeness (QED) is 0.226. The number of hydrogen-bond donors (Lipinski definition) is 1. The average Bonchev–Trinajstić information content (AvgIpc) is 3.75. The standard InChI is InChI=1S/C44H64N2O4S/c1-28(2)33-15-20-44(45-23-24-46-26-32-25-31(46)27-51(32,48)49)22-21-42(6)35(38(33)44)13-14-37-41(5)18-16-34(29-9-11-30(12-10-29)39(47)50-8)40(3,4)36(41)17-19-43(37,42)7/h9-12,16,31-33,35-38,45H,1,13-15,17-27H2,2-8H3/t31-,32-,33-,35+,36-,37+,38+,41-,42+,43+,44-/m0/s1. The average molecular weight is 717 g/mol. The fourth-order valence-corrected chi connectivity index (χ4v) is 17.0. The summed E-state index contributed by atoms with van der Waals surface area (Å²) in [5.41, 5.74) is 5.70. The molecule has 2 saturated heterocycles. The zero-order valence-electron chi connectivity index (χ0n) is 32.5. The molecule has 0 amide bonds. The first-order valence-corrected chi connectivity index (χ1v) is 22.0. The second kappa shape index (κ2) is 12.0. The number of rotatable bonds is 7. The number of fused-ring (bicyclic) bond motifs is 9. The number of esters is 1. The minimum Gasteiger partial charge on any atom is -0.465 e. The van der Waals surface area contributed by atoms with Crippen LogP contribution in [-0.4, -0.2) is 68.6 Å². The van der Waals surface area contributed by atoms with Gasteiger partial charge in [-0.25, -0.2) is 13.2 Å². The van der Waals surface area contributed by atoms with Crippen LogP contribution in [0.15, 0.2) is 42.5 Å². The highest BCUT2D eigenvalue weighted by Gasteiger charge is 2.70. The molecular weight excluding hydrogens is 653 g/mol. The molecule has 2 aliphatic heterocycles. The van der Waals surface area contributed by atoms with Gasteiger partial charge >= 0.3 is 5.97 Å². The van der Waals surface area contributed by atoms with Crippen LogP contribution in [0.4, 0.5) is 0 Å². The number of hydrogen-bond acceptors (Lipinski definition) is 6. The molecule has 1 aromatic rings. The van der Waals surface area contributed by atoms with Gasteiger partial charge in [-0.2, -0.15) is 0 Å². The maximum absolute atomic E-state index is 12.4. The van der Waals surface area contributed by atoms with Gasteiger partial charge in [-0.05, 0) is 146 Å². The van der Waals surface area contributed by atoms with E-state index >= 15 is 0 Å². The van der Waals surface area contributed by atoms with Gasteiger partial charge in [0.05, 0.1) is 23.7 Å². The summed E-state index contributed by atoms with van der Waals surface area (Å²) in [6, 6.07) is 8.33. The van der Waals surface area contributed by atoms with Crippen molar-refractivity contribution >= 4 is 21.4 Å². The Morgan fingerprint density at radius 3 is 2.35 bits per heavy atom. The molecule has 51 heavy (non-hydrogen) atoms. The third-order valence-electron chi connectivity index (χ3n) is 17.6. The van der Waals surface area contributed by atoms with Crippen LogP contribution in [0.5, 0.6) is 0 Å². The predicted octanol–water partition coefficient (Wildman–Crippen LogP) is 8.34. The normalized spacial score (nSPS) is 44.8. The van der Waals surface area contributed by atoms with Gasteiger partial charge in [0, 0.05) is 31.2 Å². The lowest BCUT2D eigenvalue weighted by Crippen LogP contribution is -2.68. The molecule has 2 bridgehead atoms. The van der Waals surface area contributed by atoms with E-state index in [-0.39, 0.29) is 39.0 Å². The number of allylic oxidation sites excluding steroid dienone is 3. The number of sulfone groups is 1. The molecule has 4 saturated carbocycles. The highest BCUT2D eigenvalue weighted by Crippen LogP contribution is 2.76. The first-order valence-electron chi connectivity index (χ1n) is 20.3. The summed E-state index contributed by atoms with van der Waals surface area (Å²) in [7, 11) is -1.42. The summed E-state index contributed by atoms with van der Waals surface area (Å²) in [5, 5.41) is 4.12. The van der Waals surface area contributed by atoms with E-state index in [1.165, 1.54) is 75.2 Å². The van der Waals surface area contributed by atoms with Gasteiger partial charge in [-0.15, -0.1) is 0 Å². The van der Waals surface area contributed by atoms with Crippen molar-refractivity contribution in [3.05, 3.63) is 53.6 Å². The van der Waals surface area contributed by atoms with Gasteiger partial charge in [-0.3, -0.25) is 4.90 Å². The summed E-state index contributed by atoms with van der Waals surface area (Å²) < 4.78 is 29.8. The number of carbonyl (C=O) groups is 1. The molecule has 7 aliphatic rings. The molecule has 5 aliphatic carbocycles. The van der Waals surface area contributed by atoms with Crippen molar-refractivity contribution in [3.8, 4) is 0 Å². The first-order chi connectivity index (χ1) is 24.0. The van der Waals surface area contributed by atoms with Crippen molar-refractivity contribution in [3.63, 3.8) is 0 Å². The molecule has 280 valence electrons. The van der Waals surface area contributed by atoms with Gasteiger partial charge in [0.2, 0.25) is 0 Å². The molecule has 1 aromatic carbocycles. The van der Waals surface area contributed by atoms with E-state index in [4.69, 9.17) is 4.74 Å². The molecule has 0 spiro atoms. The topological polar surface area (TPSA) is 75.7 Å². The molecule has 0 unspecified atom stereocenters. The summed E-state index contributed by atoms with van der Waals surface area (Å²) in [4.78, 5) is 14.6. The van der Waals surface area contributed by atoms with Gasteiger partial charge in [0.1, 0.15) is 0 Å². The molecule has 8 rings (SSSR count). The SMILES string of the molecule is C=C(C)[C@@H]1CC[C@]2(NCCN3C[C@@H]4C[C@H]3CS4(=O)=O)CC[C@]3(C)[C@H](CC[C@@H]4[C@@]5(C)CC=C(c6ccc(C(=O)OC)cc6)C(C)(C)[C@@H]5CC[C@]43C)[C@@H]12. The highest BCUT2D eigenvalue weighted by molar-refractivity contribution is 7.92. The smallest absolute Gasteiger partial charge is 0.337 e. The van der Waals surface area contributed by atoms with Crippen molar-refractivity contribution in [1.29, 1.82) is 0 Å². The minimum absolute atomic E-state index is 0.0417. The van der Waals surface area contributed by atoms with Crippen LogP contribution in [0.25, 0.3) is 5.57 Å². The van der Waals surface area contributed by atoms with Crippen molar-refractivity contribution in [2.45, 2.75) is 123 Å². The van der Waals surface area contributed by atoms with Crippen LogP contribution in [0, 0.1) is 51.2 Å². The molecule has 6 nitrogen and oxygen atoms in total. The Kier molecular flexibility index (Phi) is 8.49. The first kappa shape index (κ1) is 36.0. The van der Waals surface area contributed by atoms with E-state index < -0.39 is 9.84 Å². The summed E-state index contributed by atoms with van der Waals surface area (Å²) in [6.07, 6.45) is 14.8. The molecule has 0 aromatic heterocycles. The van der Waals surface area contributed by atoms with Crippen LogP contribution >= 0.6 is 0 Å². The Morgan fingerprint density at radius 2 is 1.71 bits per heavy atom. The van der Waals surface area contributed by atoms with E-state index in [0.29, 0.717) is 46.3 Å². The Labute approximate surface area is 308 Å². The summed E-state index contributed by atoms with van der Waals surface area (Å²) in [6.45, 7) is 22.7. The maximum atomic E-state index is 12.4. The second-order valence-corrected chi connectivity index (χ2v) is 22.0. The minimum atomic E-state index is -2.86. The van der Waals surface area contributed by atoms with Crippen LogP contribution < -0.4 is 5.32 Å². The monoisotopic (exact) mass is 716 g/mol. The van der Waals surface area contributed by atoms with Crippen LogP contribution in [0.3, 0.4) is 0 Å². The zero-order chi connectivity index (χ0) is 36.4. The van der Waals surface area contributed by atoms with E-state index in [2.05, 4.69) is 76.5 Å². The maximum Gasteiger partial charge on any atom is 0.337 e. The number of nitrogens with one attached hydrogen (secondary N) is 1. The fourth-order valence-electron chi connectivity index (χ4n) is 15.0. The highest BCUT2D eigenvalue weighted by atomic mass is 32.2. The number of ether oxygens (including phenoxy) is 1. The summed E-state index contributed by atoms with van der Waals surface area (Å²) >= 11 is 0. The second-order valence-electron chi connectivity index (χ2n) is 19.7. The summed E-state index contributed by atoms with van der Waals surface area (Å²) in [5.74, 6) is 3.27. The van der Waals surface area contributed by atoms with Crippen LogP contribution in [0.2, 0.25) is 0 Å². The lowest BCUT2D eigenvalue weighted by atomic mass is 9.33. The molecule has 6 fully saturated rings. The van der Waals surface area contributed by atoms with Crippen LogP contribution in [0.1, 0.15) is 122 Å². The lowest BCUT2D eigenvalue weighted by molar-refractivity contribution is -0.219. The van der Waals surface area contributed by atoms with Gasteiger partial charge in [-0.1, -0.05) is 65.0 Å². The largest absolute Gasteiger partial charge is 0.465 e. The Balaban J connectivity index is 1.05. The van der Waals surface area contributed by atoms with Crippen LogP contribution in [-0.2, 0) is 14.6 Å². The van der Waals surface area contributed by atoms with Gasteiger partial charge < -0.3 is 10.1 Å². The predicted molar refractivity (Wildman–Crippen MR) is 206 cm³/mol. The molecular formula is C44H64N2O4S. The van der Waals surface area contributed by atoms with E-state index in [1.54, 1.807) is 0 Å². The molecule has 0 radical (unpaired) electrons. The van der Waals surface area contributed by atoms with Gasteiger partial charge in [0.25, 0.3) is 0 Å². The zero-order valence-corrected chi connectivity index (χ0v) is 33.3. The van der Waals surface area contributed by atoms with E-state index in [0.717, 1.165) is 32.5 Å². The van der Waals surface area contributed by atoms with Gasteiger partial charge in [0.15, 0.2) is 9.84 Å². The number of methoxy groups -OCH3 is 1. The number of benzene rings is 1. The van der Waals surface area contributed by atoms with Crippen molar-refractivity contribution < 1.29 is 17.9 Å². The molecule has 2 heterocycles. The van der Waals surface area contributed by atoms with Crippen molar-refractivity contribution in [2.24, 2.45) is 51.2 Å². The third-order valence-corrected chi connectivity index (χ3v) is 19.8. The molecule has 1 N–H and O–H groups in total. The number of nitrogens with zero attached hydrogens (tertiary/aromatic N) is 1. The third kappa shape index (κ3) is 5.12. The van der Waals surface area contributed by atoms with Crippen molar-refractivity contribution in [1.82, 2.24) is 10.2 Å². The van der Waals surface area contributed by atoms with E-state index in [9.17, 15) is 13.2 Å². The molecule has 7 heteroatoms. The Morgan fingerprint density at radius 1 is 0.961 bits per heavy atom. The fraction of sp³-hybridized carbons (Fsp3) is 0.750.